The summed E-state index contributed by atoms with van der Waals surface area (Å²) in [5.74, 6) is 0.306. The van der Waals surface area contributed by atoms with Gasteiger partial charge in [-0.3, -0.25) is 4.79 Å². The maximum absolute atomic E-state index is 12.2. The molecule has 18 heavy (non-hydrogen) atoms. The molecule has 0 aromatic carbocycles. The Labute approximate surface area is 111 Å². The minimum atomic E-state index is 0.181. The molecule has 1 aliphatic rings. The van der Waals surface area contributed by atoms with E-state index in [9.17, 15) is 4.79 Å². The second-order valence-corrected chi connectivity index (χ2v) is 6.40. The van der Waals surface area contributed by atoms with Crippen molar-refractivity contribution in [3.8, 4) is 0 Å². The van der Waals surface area contributed by atoms with E-state index in [0.717, 1.165) is 32.5 Å². The molecule has 1 heterocycles. The first kappa shape index (κ1) is 15.4. The summed E-state index contributed by atoms with van der Waals surface area (Å²) in [6, 6.07) is 0.342. The first-order chi connectivity index (χ1) is 8.35. The third-order valence-electron chi connectivity index (χ3n) is 3.99. The highest BCUT2D eigenvalue weighted by atomic mass is 16.2. The van der Waals surface area contributed by atoms with Gasteiger partial charge in [-0.25, -0.2) is 0 Å². The molecule has 0 saturated carbocycles. The van der Waals surface area contributed by atoms with Gasteiger partial charge in [0.25, 0.3) is 0 Å². The molecule has 4 heteroatoms. The molecule has 1 unspecified atom stereocenters. The third kappa shape index (κ3) is 4.58. The zero-order valence-electron chi connectivity index (χ0n) is 12.4. The van der Waals surface area contributed by atoms with Crippen molar-refractivity contribution >= 4 is 5.91 Å². The van der Waals surface area contributed by atoms with Crippen molar-refractivity contribution in [2.45, 2.75) is 46.1 Å². The predicted octanol–water partition coefficient (Wildman–Crippen LogP) is 1.30. The quantitative estimate of drug-likeness (QED) is 0.805. The first-order valence-corrected chi connectivity index (χ1v) is 7.04. The Hall–Kier alpha value is -0.610. The van der Waals surface area contributed by atoms with Gasteiger partial charge in [-0.1, -0.05) is 13.8 Å². The van der Waals surface area contributed by atoms with Gasteiger partial charge in [-0.05, 0) is 38.8 Å². The lowest BCUT2D eigenvalue weighted by molar-refractivity contribution is -0.136. The van der Waals surface area contributed by atoms with Crippen molar-refractivity contribution in [2.75, 3.05) is 33.2 Å². The molecule has 1 rings (SSSR count). The van der Waals surface area contributed by atoms with E-state index < -0.39 is 0 Å². The lowest BCUT2D eigenvalue weighted by Gasteiger charge is -2.38. The van der Waals surface area contributed by atoms with Crippen LogP contribution in [-0.2, 0) is 4.79 Å². The van der Waals surface area contributed by atoms with Gasteiger partial charge in [0.05, 0.1) is 0 Å². The van der Waals surface area contributed by atoms with E-state index >= 15 is 0 Å². The molecular weight excluding hydrogens is 226 g/mol. The molecule has 1 amide bonds. The SMILES string of the molecule is CC1CN(C)CCN1C(=O)CCC(C)(C)CCN. The first-order valence-electron chi connectivity index (χ1n) is 7.04. The van der Waals surface area contributed by atoms with E-state index in [0.29, 0.717) is 24.9 Å². The van der Waals surface area contributed by atoms with Crippen LogP contribution in [0.25, 0.3) is 0 Å². The highest BCUT2D eigenvalue weighted by Crippen LogP contribution is 2.26. The number of amides is 1. The van der Waals surface area contributed by atoms with Crippen LogP contribution in [0, 0.1) is 5.41 Å². The molecule has 2 N–H and O–H groups in total. The zero-order chi connectivity index (χ0) is 13.8. The maximum Gasteiger partial charge on any atom is 0.222 e. The second-order valence-electron chi connectivity index (χ2n) is 6.40. The van der Waals surface area contributed by atoms with E-state index in [1.165, 1.54) is 0 Å². The number of piperazine rings is 1. The normalized spacial score (nSPS) is 22.3. The fourth-order valence-electron chi connectivity index (χ4n) is 2.61. The van der Waals surface area contributed by atoms with Gasteiger partial charge in [-0.15, -0.1) is 0 Å². The van der Waals surface area contributed by atoms with E-state index in [-0.39, 0.29) is 5.41 Å². The standard InChI is InChI=1S/C14H29N3O/c1-12-11-16(4)9-10-17(12)13(18)5-6-14(2,3)7-8-15/h12H,5-11,15H2,1-4H3. The molecule has 0 radical (unpaired) electrons. The molecule has 1 aliphatic heterocycles. The van der Waals surface area contributed by atoms with Gasteiger partial charge in [0, 0.05) is 32.1 Å². The minimum Gasteiger partial charge on any atom is -0.337 e. The number of nitrogens with zero attached hydrogens (tertiary/aromatic N) is 2. The molecule has 1 fully saturated rings. The second kappa shape index (κ2) is 6.53. The fourth-order valence-corrected chi connectivity index (χ4v) is 2.61. The van der Waals surface area contributed by atoms with Gasteiger partial charge in [0.2, 0.25) is 5.91 Å². The molecule has 1 atom stereocenters. The van der Waals surface area contributed by atoms with Crippen LogP contribution in [0.3, 0.4) is 0 Å². The number of nitrogens with two attached hydrogens (primary N) is 1. The van der Waals surface area contributed by atoms with Crippen molar-refractivity contribution in [1.82, 2.24) is 9.80 Å². The topological polar surface area (TPSA) is 49.6 Å². The van der Waals surface area contributed by atoms with E-state index in [1.54, 1.807) is 0 Å². The van der Waals surface area contributed by atoms with Gasteiger partial charge in [0.15, 0.2) is 0 Å². The number of carbonyl (C=O) groups is 1. The maximum atomic E-state index is 12.2. The van der Waals surface area contributed by atoms with Crippen molar-refractivity contribution in [3.05, 3.63) is 0 Å². The summed E-state index contributed by atoms with van der Waals surface area (Å²) in [6.07, 6.45) is 2.57. The number of hydrogen-bond acceptors (Lipinski definition) is 3. The smallest absolute Gasteiger partial charge is 0.222 e. The van der Waals surface area contributed by atoms with Crippen molar-refractivity contribution < 1.29 is 4.79 Å². The van der Waals surface area contributed by atoms with Crippen molar-refractivity contribution in [3.63, 3.8) is 0 Å². The lowest BCUT2D eigenvalue weighted by atomic mass is 9.84. The highest BCUT2D eigenvalue weighted by Gasteiger charge is 2.27. The van der Waals surface area contributed by atoms with E-state index in [1.807, 2.05) is 4.90 Å². The molecule has 0 spiro atoms. The van der Waals surface area contributed by atoms with Crippen LogP contribution in [0.15, 0.2) is 0 Å². The molecule has 4 nitrogen and oxygen atoms in total. The van der Waals surface area contributed by atoms with Crippen LogP contribution in [0.4, 0.5) is 0 Å². The molecule has 0 aromatic rings. The van der Waals surface area contributed by atoms with Gasteiger partial charge in [-0.2, -0.15) is 0 Å². The summed E-state index contributed by atoms with van der Waals surface area (Å²) >= 11 is 0. The average molecular weight is 255 g/mol. The van der Waals surface area contributed by atoms with Crippen LogP contribution < -0.4 is 5.73 Å². The Morgan fingerprint density at radius 3 is 2.56 bits per heavy atom. The summed E-state index contributed by atoms with van der Waals surface area (Å²) in [5.41, 5.74) is 5.78. The highest BCUT2D eigenvalue weighted by molar-refractivity contribution is 5.76. The largest absolute Gasteiger partial charge is 0.337 e. The van der Waals surface area contributed by atoms with Gasteiger partial charge >= 0.3 is 0 Å². The molecule has 0 bridgehead atoms. The summed E-state index contributed by atoms with van der Waals surface area (Å²) in [4.78, 5) is 16.6. The van der Waals surface area contributed by atoms with Crippen LogP contribution in [0.2, 0.25) is 0 Å². The Balaban J connectivity index is 2.41. The van der Waals surface area contributed by atoms with E-state index in [4.69, 9.17) is 5.73 Å². The van der Waals surface area contributed by atoms with Gasteiger partial charge < -0.3 is 15.5 Å². The summed E-state index contributed by atoms with van der Waals surface area (Å²) < 4.78 is 0. The monoisotopic (exact) mass is 255 g/mol. The Morgan fingerprint density at radius 2 is 2.00 bits per heavy atom. The molecule has 0 aliphatic carbocycles. The van der Waals surface area contributed by atoms with E-state index in [2.05, 4.69) is 32.7 Å². The summed E-state index contributed by atoms with van der Waals surface area (Å²) in [5, 5.41) is 0. The zero-order valence-corrected chi connectivity index (χ0v) is 12.4. The van der Waals surface area contributed by atoms with Gasteiger partial charge in [0.1, 0.15) is 0 Å². The molecule has 1 saturated heterocycles. The van der Waals surface area contributed by atoms with Crippen molar-refractivity contribution in [2.24, 2.45) is 11.1 Å². The van der Waals surface area contributed by atoms with Crippen molar-refractivity contribution in [1.29, 1.82) is 0 Å². The number of hydrogen-bond donors (Lipinski definition) is 1. The number of likely N-dealkylation sites (N-methyl/N-ethyl adjacent to an activating group) is 1. The van der Waals surface area contributed by atoms with Crippen LogP contribution in [-0.4, -0.2) is 55.0 Å². The molecule has 0 aromatic heterocycles. The fraction of sp³-hybridized carbons (Fsp3) is 0.929. The Bertz CT molecular complexity index is 278. The third-order valence-corrected chi connectivity index (χ3v) is 3.99. The van der Waals surface area contributed by atoms with Crippen LogP contribution in [0.5, 0.6) is 0 Å². The predicted molar refractivity (Wildman–Crippen MR) is 75.4 cm³/mol. The molecular formula is C14H29N3O. The lowest BCUT2D eigenvalue weighted by Crippen LogP contribution is -2.52. The summed E-state index contributed by atoms with van der Waals surface area (Å²) in [7, 11) is 2.11. The average Bonchev–Trinajstić information content (AvgIpc) is 2.26. The number of carbonyl (C=O) groups excluding carboxylic acids is 1. The van der Waals surface area contributed by atoms with Crippen LogP contribution in [0.1, 0.15) is 40.0 Å². The van der Waals surface area contributed by atoms with Crippen LogP contribution >= 0.6 is 0 Å². The molecule has 106 valence electrons. The minimum absolute atomic E-state index is 0.181. The summed E-state index contributed by atoms with van der Waals surface area (Å²) in [6.45, 7) is 10.1. The Kier molecular flexibility index (Phi) is 5.60. The Morgan fingerprint density at radius 1 is 1.33 bits per heavy atom. The number of rotatable bonds is 5.